The quantitative estimate of drug-likeness (QED) is 0.782. The topological polar surface area (TPSA) is 92.9 Å². The van der Waals surface area contributed by atoms with Gasteiger partial charge in [0.15, 0.2) is 0 Å². The van der Waals surface area contributed by atoms with Gasteiger partial charge in [0.1, 0.15) is 5.92 Å². The van der Waals surface area contributed by atoms with Crippen LogP contribution in [0, 0.1) is 11.8 Å². The third-order valence-corrected chi connectivity index (χ3v) is 4.51. The molecule has 1 saturated carbocycles. The lowest BCUT2D eigenvalue weighted by Gasteiger charge is -2.34. The van der Waals surface area contributed by atoms with E-state index in [1.54, 1.807) is 4.90 Å². The van der Waals surface area contributed by atoms with Crippen molar-refractivity contribution in [1.29, 1.82) is 0 Å². The maximum absolute atomic E-state index is 12.6. The lowest BCUT2D eigenvalue weighted by molar-refractivity contribution is -0.146. The normalized spacial score (nSPS) is 33.9. The monoisotopic (exact) mass is 284 g/mol. The second-order valence-corrected chi connectivity index (χ2v) is 5.79. The number of carbonyl (C=O) groups excluding carboxylic acids is 1. The Morgan fingerprint density at radius 2 is 1.90 bits per heavy atom. The zero-order valence-electron chi connectivity index (χ0n) is 12.0. The predicted octanol–water partition coefficient (Wildman–Crippen LogP) is 0.452. The zero-order chi connectivity index (χ0) is 14.7. The number of carbonyl (C=O) groups is 2. The molecule has 2 atom stereocenters. The smallest absolute Gasteiger partial charge is 0.311 e. The number of ether oxygens (including phenoxy) is 1. The summed E-state index contributed by atoms with van der Waals surface area (Å²) in [5, 5.41) is 9.22. The number of hydrogen-bond donors (Lipinski definition) is 2. The summed E-state index contributed by atoms with van der Waals surface area (Å²) in [6.07, 6.45) is 3.36. The molecule has 0 aromatic rings. The van der Waals surface area contributed by atoms with E-state index in [4.69, 9.17) is 10.5 Å². The molecule has 1 aliphatic heterocycles. The van der Waals surface area contributed by atoms with Crippen molar-refractivity contribution in [3.8, 4) is 0 Å². The van der Waals surface area contributed by atoms with E-state index in [2.05, 4.69) is 0 Å². The van der Waals surface area contributed by atoms with Gasteiger partial charge in [-0.05, 0) is 32.6 Å². The van der Waals surface area contributed by atoms with Crippen LogP contribution in [-0.2, 0) is 14.3 Å². The average Bonchev–Trinajstić information content (AvgIpc) is 2.89. The van der Waals surface area contributed by atoms with Gasteiger partial charge < -0.3 is 20.5 Å². The molecular formula is C14H24N2O4. The molecule has 2 aliphatic rings. The van der Waals surface area contributed by atoms with Crippen molar-refractivity contribution in [2.45, 2.75) is 44.7 Å². The van der Waals surface area contributed by atoms with Gasteiger partial charge >= 0.3 is 5.97 Å². The molecule has 1 saturated heterocycles. The molecular weight excluding hydrogens is 260 g/mol. The molecule has 2 rings (SSSR count). The van der Waals surface area contributed by atoms with Crippen molar-refractivity contribution in [3.05, 3.63) is 0 Å². The van der Waals surface area contributed by atoms with Gasteiger partial charge in [-0.2, -0.15) is 0 Å². The first kappa shape index (κ1) is 15.3. The number of carboxylic acids is 1. The van der Waals surface area contributed by atoms with Crippen LogP contribution in [0.2, 0.25) is 0 Å². The fourth-order valence-corrected chi connectivity index (χ4v) is 3.24. The molecule has 6 nitrogen and oxygen atoms in total. The number of amides is 1. The molecule has 3 N–H and O–H groups in total. The second-order valence-electron chi connectivity index (χ2n) is 5.79. The number of likely N-dealkylation sites (N-methyl/N-ethyl adjacent to an activating group) is 1. The van der Waals surface area contributed by atoms with Crippen LogP contribution < -0.4 is 5.73 Å². The SMILES string of the molecule is CCN(C(=O)C1CCC(N)CC1)C1COCC1C(=O)O. The van der Waals surface area contributed by atoms with Gasteiger partial charge in [0.2, 0.25) is 5.91 Å². The van der Waals surface area contributed by atoms with E-state index >= 15 is 0 Å². The lowest BCUT2D eigenvalue weighted by Crippen LogP contribution is -2.49. The largest absolute Gasteiger partial charge is 0.481 e. The molecule has 6 heteroatoms. The maximum Gasteiger partial charge on any atom is 0.311 e. The summed E-state index contributed by atoms with van der Waals surface area (Å²) in [7, 11) is 0. The van der Waals surface area contributed by atoms with Gasteiger partial charge in [-0.15, -0.1) is 0 Å². The van der Waals surface area contributed by atoms with Crippen LogP contribution in [0.15, 0.2) is 0 Å². The third kappa shape index (κ3) is 3.12. The first-order chi connectivity index (χ1) is 9.54. The second kappa shape index (κ2) is 6.54. The fraction of sp³-hybridized carbons (Fsp3) is 0.857. The van der Waals surface area contributed by atoms with Crippen LogP contribution in [0.25, 0.3) is 0 Å². The number of rotatable bonds is 4. The first-order valence-electron chi connectivity index (χ1n) is 7.41. The highest BCUT2D eigenvalue weighted by atomic mass is 16.5. The van der Waals surface area contributed by atoms with Crippen molar-refractivity contribution < 1.29 is 19.4 Å². The lowest BCUT2D eigenvalue weighted by atomic mass is 9.85. The van der Waals surface area contributed by atoms with Crippen LogP contribution in [0.1, 0.15) is 32.6 Å². The molecule has 0 radical (unpaired) electrons. The number of nitrogens with zero attached hydrogens (tertiary/aromatic N) is 1. The van der Waals surface area contributed by atoms with Crippen molar-refractivity contribution >= 4 is 11.9 Å². The first-order valence-corrected chi connectivity index (χ1v) is 7.41. The Kier molecular flexibility index (Phi) is 4.99. The number of aliphatic carboxylic acids is 1. The van der Waals surface area contributed by atoms with Gasteiger partial charge in [-0.25, -0.2) is 0 Å². The molecule has 114 valence electrons. The van der Waals surface area contributed by atoms with E-state index in [0.29, 0.717) is 13.2 Å². The van der Waals surface area contributed by atoms with E-state index < -0.39 is 11.9 Å². The molecule has 0 spiro atoms. The van der Waals surface area contributed by atoms with Gasteiger partial charge in [-0.3, -0.25) is 9.59 Å². The highest BCUT2D eigenvalue weighted by Crippen LogP contribution is 2.28. The molecule has 20 heavy (non-hydrogen) atoms. The minimum Gasteiger partial charge on any atom is -0.481 e. The minimum absolute atomic E-state index is 0.00945. The summed E-state index contributed by atoms with van der Waals surface area (Å²) in [4.78, 5) is 25.6. The van der Waals surface area contributed by atoms with Gasteiger partial charge in [0.05, 0.1) is 19.3 Å². The van der Waals surface area contributed by atoms with Crippen LogP contribution in [0.3, 0.4) is 0 Å². The van der Waals surface area contributed by atoms with Gasteiger partial charge in [0, 0.05) is 18.5 Å². The van der Waals surface area contributed by atoms with Crippen LogP contribution in [0.5, 0.6) is 0 Å². The summed E-state index contributed by atoms with van der Waals surface area (Å²) in [6, 6.07) is -0.128. The highest BCUT2D eigenvalue weighted by molar-refractivity contribution is 5.80. The summed E-state index contributed by atoms with van der Waals surface area (Å²) >= 11 is 0. The Morgan fingerprint density at radius 3 is 2.45 bits per heavy atom. The predicted molar refractivity (Wildman–Crippen MR) is 73.1 cm³/mol. The molecule has 0 bridgehead atoms. The summed E-state index contributed by atoms with van der Waals surface area (Å²) in [5.74, 6) is -1.43. The van der Waals surface area contributed by atoms with Crippen molar-refractivity contribution in [2.24, 2.45) is 17.6 Å². The van der Waals surface area contributed by atoms with Crippen LogP contribution >= 0.6 is 0 Å². The zero-order valence-corrected chi connectivity index (χ0v) is 12.0. The Labute approximate surface area is 119 Å². The van der Waals surface area contributed by atoms with E-state index in [-0.39, 0.29) is 30.5 Å². The van der Waals surface area contributed by atoms with Crippen LogP contribution in [-0.4, -0.2) is 53.7 Å². The molecule has 2 unspecified atom stereocenters. The van der Waals surface area contributed by atoms with Gasteiger partial charge in [-0.1, -0.05) is 0 Å². The molecule has 0 aromatic heterocycles. The Morgan fingerprint density at radius 1 is 1.25 bits per heavy atom. The van der Waals surface area contributed by atoms with E-state index in [1.165, 1.54) is 0 Å². The minimum atomic E-state index is -0.885. The number of hydrogen-bond acceptors (Lipinski definition) is 4. The van der Waals surface area contributed by atoms with Crippen molar-refractivity contribution in [3.63, 3.8) is 0 Å². The fourth-order valence-electron chi connectivity index (χ4n) is 3.24. The summed E-state index contributed by atoms with van der Waals surface area (Å²) in [5.41, 5.74) is 5.87. The maximum atomic E-state index is 12.6. The molecule has 2 fully saturated rings. The Bertz CT molecular complexity index is 366. The third-order valence-electron chi connectivity index (χ3n) is 4.51. The number of carboxylic acid groups (broad SMARTS) is 1. The number of nitrogens with two attached hydrogens (primary N) is 1. The molecule has 1 aliphatic carbocycles. The van der Waals surface area contributed by atoms with E-state index in [9.17, 15) is 14.7 Å². The summed E-state index contributed by atoms with van der Waals surface area (Å²) < 4.78 is 5.27. The van der Waals surface area contributed by atoms with Crippen molar-refractivity contribution in [1.82, 2.24) is 4.90 Å². The highest BCUT2D eigenvalue weighted by Gasteiger charge is 2.41. The molecule has 1 heterocycles. The van der Waals surface area contributed by atoms with E-state index in [1.807, 2.05) is 6.92 Å². The van der Waals surface area contributed by atoms with Gasteiger partial charge in [0.25, 0.3) is 0 Å². The summed E-state index contributed by atoms with van der Waals surface area (Å²) in [6.45, 7) is 2.94. The van der Waals surface area contributed by atoms with E-state index in [0.717, 1.165) is 25.7 Å². The van der Waals surface area contributed by atoms with Crippen LogP contribution in [0.4, 0.5) is 0 Å². The standard InChI is InChI=1S/C14H24N2O4/c1-2-16(12-8-20-7-11(12)14(18)19)13(17)9-3-5-10(15)6-4-9/h9-12H,2-8,15H2,1H3,(H,18,19). The average molecular weight is 284 g/mol. The Hall–Kier alpha value is -1.14. The molecule has 0 aromatic carbocycles. The Balaban J connectivity index is 2.03. The molecule has 1 amide bonds. The van der Waals surface area contributed by atoms with Crippen molar-refractivity contribution in [2.75, 3.05) is 19.8 Å².